The van der Waals surface area contributed by atoms with E-state index in [1.807, 2.05) is 86.7 Å². The third-order valence-corrected chi connectivity index (χ3v) is 6.94. The summed E-state index contributed by atoms with van der Waals surface area (Å²) >= 11 is 0. The zero-order valence-electron chi connectivity index (χ0n) is 22.3. The van der Waals surface area contributed by atoms with Gasteiger partial charge in [-0.15, -0.1) is 0 Å². The second-order valence-electron chi connectivity index (χ2n) is 10.0. The van der Waals surface area contributed by atoms with Crippen molar-refractivity contribution in [3.63, 3.8) is 0 Å². The van der Waals surface area contributed by atoms with Crippen LogP contribution in [0.3, 0.4) is 0 Å². The highest BCUT2D eigenvalue weighted by Crippen LogP contribution is 2.28. The maximum atomic E-state index is 13.5. The van der Waals surface area contributed by atoms with Crippen molar-refractivity contribution in [2.75, 3.05) is 6.61 Å². The number of aliphatic hydroxyl groups excluding tert-OH is 1. The summed E-state index contributed by atoms with van der Waals surface area (Å²) in [6, 6.07) is 18.7. The van der Waals surface area contributed by atoms with Crippen LogP contribution in [0.1, 0.15) is 63.2 Å². The van der Waals surface area contributed by atoms with E-state index in [0.29, 0.717) is 32.1 Å². The van der Waals surface area contributed by atoms with Crippen molar-refractivity contribution in [3.05, 3.63) is 83.9 Å². The van der Waals surface area contributed by atoms with Crippen LogP contribution in [0.2, 0.25) is 0 Å². The number of benzene rings is 2. The average molecular weight is 521 g/mol. The number of hydrogen-bond donors (Lipinski definition) is 3. The number of esters is 1. The Morgan fingerprint density at radius 2 is 1.66 bits per heavy atom. The number of ether oxygens (including phenoxy) is 1. The van der Waals surface area contributed by atoms with E-state index < -0.39 is 18.1 Å². The maximum Gasteiger partial charge on any atom is 0.310 e. The largest absolute Gasteiger partial charge is 0.455 e. The monoisotopic (exact) mass is 520 g/mol. The molecule has 5 atom stereocenters. The number of hydrogen-bond acceptors (Lipinski definition) is 5. The molecule has 1 heterocycles. The summed E-state index contributed by atoms with van der Waals surface area (Å²) in [7, 11) is 0. The van der Waals surface area contributed by atoms with Crippen LogP contribution in [0, 0.1) is 11.8 Å². The molecular weight excluding hydrogens is 480 g/mol. The molecule has 0 fully saturated rings. The van der Waals surface area contributed by atoms with Crippen molar-refractivity contribution in [3.8, 4) is 0 Å². The fourth-order valence-corrected chi connectivity index (χ4v) is 4.73. The summed E-state index contributed by atoms with van der Waals surface area (Å²) in [5.41, 5.74) is 1.87. The Morgan fingerprint density at radius 1 is 1.03 bits per heavy atom. The van der Waals surface area contributed by atoms with Crippen LogP contribution in [0.25, 0.3) is 0 Å². The molecule has 1 unspecified atom stereocenters. The van der Waals surface area contributed by atoms with Crippen molar-refractivity contribution in [1.29, 1.82) is 0 Å². The van der Waals surface area contributed by atoms with E-state index in [0.717, 1.165) is 11.1 Å². The Balaban J connectivity index is 1.89. The van der Waals surface area contributed by atoms with Gasteiger partial charge in [0.05, 0.1) is 17.9 Å². The van der Waals surface area contributed by atoms with Crippen LogP contribution >= 0.6 is 0 Å². The van der Waals surface area contributed by atoms with Gasteiger partial charge in [-0.2, -0.15) is 0 Å². The summed E-state index contributed by atoms with van der Waals surface area (Å²) in [5.74, 6) is -1.72. The molecule has 3 N–H and O–H groups in total. The van der Waals surface area contributed by atoms with Gasteiger partial charge in [0.2, 0.25) is 11.8 Å². The van der Waals surface area contributed by atoms with E-state index in [-0.39, 0.29) is 42.8 Å². The van der Waals surface area contributed by atoms with E-state index >= 15 is 0 Å². The molecule has 3 rings (SSSR count). The smallest absolute Gasteiger partial charge is 0.310 e. The fourth-order valence-electron chi connectivity index (χ4n) is 4.73. The molecule has 7 heteroatoms. The number of allylic oxidation sites excluding steroid dienone is 2. The number of rotatable bonds is 9. The third kappa shape index (κ3) is 8.84. The van der Waals surface area contributed by atoms with Gasteiger partial charge in [0.1, 0.15) is 6.10 Å². The first-order valence-corrected chi connectivity index (χ1v) is 13.6. The van der Waals surface area contributed by atoms with E-state index in [2.05, 4.69) is 10.6 Å². The molecule has 2 amide bonds. The predicted octanol–water partition coefficient (Wildman–Crippen LogP) is 4.27. The molecule has 204 valence electrons. The van der Waals surface area contributed by atoms with Crippen LogP contribution in [0.5, 0.6) is 0 Å². The molecular formula is C31H40N2O5. The van der Waals surface area contributed by atoms with E-state index in [1.165, 1.54) is 0 Å². The van der Waals surface area contributed by atoms with E-state index in [1.54, 1.807) is 0 Å². The van der Waals surface area contributed by atoms with Crippen LogP contribution < -0.4 is 10.6 Å². The molecule has 0 bridgehead atoms. The number of cyclic esters (lactones) is 1. The minimum Gasteiger partial charge on any atom is -0.455 e. The lowest BCUT2D eigenvalue weighted by Crippen LogP contribution is -2.45. The van der Waals surface area contributed by atoms with Gasteiger partial charge in [-0.1, -0.05) is 79.7 Å². The molecule has 0 aliphatic carbocycles. The molecule has 38 heavy (non-hydrogen) atoms. The molecule has 0 saturated carbocycles. The van der Waals surface area contributed by atoms with Gasteiger partial charge in [0.15, 0.2) is 0 Å². The predicted molar refractivity (Wildman–Crippen MR) is 147 cm³/mol. The molecule has 0 aromatic heterocycles. The highest BCUT2D eigenvalue weighted by molar-refractivity contribution is 5.86. The standard InChI is InChI=1S/C31H40N2O5/c1-3-27-29(24-14-8-5-9-15-24)38-31(37)26(20-23-12-6-4-7-13-23)17-11-10-16-25(30(36)33-27)21-28(35)32-22(2)18-19-34/h4-15,22,25-27,29,34H,3,16-21H2,1-2H3,(H,32,35)(H,33,36)/b11-10+/t22-,25+,26+,27-,29?/m0/s1. The van der Waals surface area contributed by atoms with Crippen molar-refractivity contribution < 1.29 is 24.2 Å². The molecule has 1 aliphatic rings. The number of carbonyl (C=O) groups excluding carboxylic acids is 3. The van der Waals surface area contributed by atoms with Gasteiger partial charge in [-0.25, -0.2) is 0 Å². The van der Waals surface area contributed by atoms with Crippen LogP contribution in [-0.2, 0) is 25.5 Å². The normalized spacial score (nSPS) is 24.2. The minimum absolute atomic E-state index is 0.0178. The highest BCUT2D eigenvalue weighted by atomic mass is 16.5. The van der Waals surface area contributed by atoms with Crippen LogP contribution in [0.4, 0.5) is 0 Å². The van der Waals surface area contributed by atoms with Gasteiger partial charge >= 0.3 is 5.97 Å². The van der Waals surface area contributed by atoms with Crippen molar-refractivity contribution in [1.82, 2.24) is 10.6 Å². The van der Waals surface area contributed by atoms with Crippen LogP contribution in [0.15, 0.2) is 72.8 Å². The number of carbonyl (C=O) groups is 3. The van der Waals surface area contributed by atoms with Gasteiger partial charge < -0.3 is 20.5 Å². The zero-order valence-corrected chi connectivity index (χ0v) is 22.3. The van der Waals surface area contributed by atoms with Gasteiger partial charge in [-0.3, -0.25) is 14.4 Å². The quantitative estimate of drug-likeness (QED) is 0.338. The minimum atomic E-state index is -0.654. The van der Waals surface area contributed by atoms with Crippen LogP contribution in [-0.4, -0.2) is 41.6 Å². The topological polar surface area (TPSA) is 105 Å². The lowest BCUT2D eigenvalue weighted by molar-refractivity contribution is -0.157. The Morgan fingerprint density at radius 3 is 2.29 bits per heavy atom. The zero-order chi connectivity index (χ0) is 27.3. The Hall–Kier alpha value is -3.45. The molecule has 1 aliphatic heterocycles. The molecule has 0 radical (unpaired) electrons. The van der Waals surface area contributed by atoms with E-state index in [4.69, 9.17) is 9.84 Å². The molecule has 2 aromatic carbocycles. The average Bonchev–Trinajstić information content (AvgIpc) is 2.91. The lowest BCUT2D eigenvalue weighted by atomic mass is 9.92. The molecule has 7 nitrogen and oxygen atoms in total. The van der Waals surface area contributed by atoms with Crippen molar-refractivity contribution in [2.45, 2.75) is 70.6 Å². The summed E-state index contributed by atoms with van der Waals surface area (Å²) < 4.78 is 6.15. The summed E-state index contributed by atoms with van der Waals surface area (Å²) in [4.78, 5) is 39.6. The van der Waals surface area contributed by atoms with Gasteiger partial charge in [0.25, 0.3) is 0 Å². The first kappa shape index (κ1) is 29.1. The highest BCUT2D eigenvalue weighted by Gasteiger charge is 2.32. The number of aliphatic hydroxyl groups is 1. The summed E-state index contributed by atoms with van der Waals surface area (Å²) in [6.07, 6.45) is 5.58. The lowest BCUT2D eigenvalue weighted by Gasteiger charge is -2.30. The summed E-state index contributed by atoms with van der Waals surface area (Å²) in [5, 5.41) is 15.1. The number of nitrogens with one attached hydrogen (secondary N) is 2. The van der Waals surface area contributed by atoms with Gasteiger partial charge in [0, 0.05) is 19.1 Å². The second kappa shape index (κ2) is 15.1. The summed E-state index contributed by atoms with van der Waals surface area (Å²) in [6.45, 7) is 3.75. The van der Waals surface area contributed by atoms with Crippen molar-refractivity contribution >= 4 is 17.8 Å². The van der Waals surface area contributed by atoms with Crippen molar-refractivity contribution in [2.24, 2.45) is 11.8 Å². The number of amides is 2. The first-order chi connectivity index (χ1) is 18.4. The maximum absolute atomic E-state index is 13.5. The Bertz CT molecular complexity index is 1060. The molecule has 0 spiro atoms. The Kier molecular flexibility index (Phi) is 11.6. The van der Waals surface area contributed by atoms with Gasteiger partial charge in [-0.05, 0) is 50.2 Å². The van der Waals surface area contributed by atoms with E-state index in [9.17, 15) is 14.4 Å². The third-order valence-electron chi connectivity index (χ3n) is 6.94. The Labute approximate surface area is 225 Å². The SMILES string of the molecule is CC[C@@H]1NC(=O)[C@@H](CC(=O)N[C@@H](C)CCO)C/C=C/C[C@H](Cc2ccccc2)C(=O)OC1c1ccccc1. The second-order valence-corrected chi connectivity index (χ2v) is 10.0. The first-order valence-electron chi connectivity index (χ1n) is 13.6. The fraction of sp³-hybridized carbons (Fsp3) is 0.452. The molecule has 2 aromatic rings. The molecule has 0 saturated heterocycles.